The van der Waals surface area contributed by atoms with Gasteiger partial charge in [-0.05, 0) is 23.6 Å². The van der Waals surface area contributed by atoms with Crippen LogP contribution in [0.4, 0.5) is 5.82 Å². The number of rotatable bonds is 4. The Morgan fingerprint density at radius 2 is 2.00 bits per heavy atom. The van der Waals surface area contributed by atoms with Crippen molar-refractivity contribution in [3.05, 3.63) is 41.1 Å². The lowest BCUT2D eigenvalue weighted by atomic mass is 9.94. The van der Waals surface area contributed by atoms with E-state index in [9.17, 15) is 5.11 Å². The second-order valence-corrected chi connectivity index (χ2v) is 6.90. The molecule has 3 aromatic rings. The van der Waals surface area contributed by atoms with Crippen LogP contribution < -0.4 is 5.32 Å². The van der Waals surface area contributed by atoms with Gasteiger partial charge in [0.05, 0.1) is 11.1 Å². The van der Waals surface area contributed by atoms with Gasteiger partial charge in [-0.25, -0.2) is 9.97 Å². The maximum absolute atomic E-state index is 10.7. The summed E-state index contributed by atoms with van der Waals surface area (Å²) < 4.78 is 5.34. The zero-order valence-corrected chi connectivity index (χ0v) is 14.1. The fourth-order valence-electron chi connectivity index (χ4n) is 2.91. The summed E-state index contributed by atoms with van der Waals surface area (Å²) in [5, 5.41) is 19.0. The van der Waals surface area contributed by atoms with Crippen molar-refractivity contribution in [3.8, 4) is 11.4 Å². The molecule has 5 nitrogen and oxygen atoms in total. The first-order valence-electron chi connectivity index (χ1n) is 8.07. The summed E-state index contributed by atoms with van der Waals surface area (Å²) in [6, 6.07) is 9.96. The standard InChI is InChI=1S/C18H19N3O2S/c22-18(6-8-23-9-7-18)12-19-17-14-3-1-2-4-15(14)20-16(21-17)13-5-10-24-11-13/h1-5,10-11,22H,6-9,12H2,(H,19,20,21). The lowest BCUT2D eigenvalue weighted by Crippen LogP contribution is -2.42. The Bertz CT molecular complexity index is 829. The number of ether oxygens (including phenoxy) is 1. The van der Waals surface area contributed by atoms with Crippen molar-refractivity contribution in [2.75, 3.05) is 25.1 Å². The molecule has 6 heteroatoms. The molecular formula is C18H19N3O2S. The minimum Gasteiger partial charge on any atom is -0.388 e. The second kappa shape index (κ2) is 6.47. The van der Waals surface area contributed by atoms with Crippen LogP contribution in [0.2, 0.25) is 0 Å². The van der Waals surface area contributed by atoms with Gasteiger partial charge >= 0.3 is 0 Å². The number of fused-ring (bicyclic) bond motifs is 1. The molecule has 0 amide bonds. The number of anilines is 1. The number of aliphatic hydroxyl groups is 1. The third-order valence-electron chi connectivity index (χ3n) is 4.39. The summed E-state index contributed by atoms with van der Waals surface area (Å²) in [5.41, 5.74) is 1.17. The molecule has 1 fully saturated rings. The number of para-hydroxylation sites is 1. The van der Waals surface area contributed by atoms with Crippen LogP contribution in [0.25, 0.3) is 22.3 Å². The summed E-state index contributed by atoms with van der Waals surface area (Å²) in [5.74, 6) is 1.47. The Kier molecular flexibility index (Phi) is 4.18. The molecule has 0 aliphatic carbocycles. The SMILES string of the molecule is OC1(CNc2nc(-c3ccsc3)nc3ccccc23)CCOCC1. The van der Waals surface area contributed by atoms with E-state index in [1.807, 2.05) is 41.1 Å². The molecule has 1 saturated heterocycles. The Morgan fingerprint density at radius 3 is 2.79 bits per heavy atom. The van der Waals surface area contributed by atoms with E-state index in [1.165, 1.54) is 0 Å². The largest absolute Gasteiger partial charge is 0.388 e. The molecule has 124 valence electrons. The molecule has 2 N–H and O–H groups in total. The molecule has 0 radical (unpaired) electrons. The number of benzene rings is 1. The van der Waals surface area contributed by atoms with Crippen LogP contribution in [0.5, 0.6) is 0 Å². The third kappa shape index (κ3) is 3.13. The van der Waals surface area contributed by atoms with Crippen molar-refractivity contribution in [2.45, 2.75) is 18.4 Å². The lowest BCUT2D eigenvalue weighted by Gasteiger charge is -2.32. The second-order valence-electron chi connectivity index (χ2n) is 6.12. The van der Waals surface area contributed by atoms with Crippen LogP contribution in [0, 0.1) is 0 Å². The smallest absolute Gasteiger partial charge is 0.162 e. The number of hydrogen-bond donors (Lipinski definition) is 2. The van der Waals surface area contributed by atoms with Crippen LogP contribution >= 0.6 is 11.3 Å². The fourth-order valence-corrected chi connectivity index (χ4v) is 3.54. The molecule has 0 atom stereocenters. The molecule has 0 spiro atoms. The van der Waals surface area contributed by atoms with E-state index < -0.39 is 5.60 Å². The van der Waals surface area contributed by atoms with E-state index in [2.05, 4.69) is 10.3 Å². The van der Waals surface area contributed by atoms with Gasteiger partial charge in [0.25, 0.3) is 0 Å². The first kappa shape index (κ1) is 15.5. The van der Waals surface area contributed by atoms with Gasteiger partial charge in [0.1, 0.15) is 5.82 Å². The molecule has 3 heterocycles. The van der Waals surface area contributed by atoms with Gasteiger partial charge in [-0.1, -0.05) is 12.1 Å². The zero-order chi connectivity index (χ0) is 16.4. The van der Waals surface area contributed by atoms with Crippen molar-refractivity contribution in [3.63, 3.8) is 0 Å². The minimum absolute atomic E-state index is 0.459. The number of nitrogens with one attached hydrogen (secondary N) is 1. The highest BCUT2D eigenvalue weighted by molar-refractivity contribution is 7.08. The van der Waals surface area contributed by atoms with Gasteiger partial charge in [-0.3, -0.25) is 0 Å². The van der Waals surface area contributed by atoms with Crippen molar-refractivity contribution in [1.82, 2.24) is 9.97 Å². The Labute approximate surface area is 144 Å². The maximum atomic E-state index is 10.7. The van der Waals surface area contributed by atoms with Gasteiger partial charge in [0.2, 0.25) is 0 Å². The average molecular weight is 341 g/mol. The summed E-state index contributed by atoms with van der Waals surface area (Å²) >= 11 is 1.63. The highest BCUT2D eigenvalue weighted by Gasteiger charge is 2.29. The molecule has 0 bridgehead atoms. The van der Waals surface area contributed by atoms with Gasteiger partial charge in [0.15, 0.2) is 5.82 Å². The molecule has 1 aliphatic rings. The van der Waals surface area contributed by atoms with Crippen molar-refractivity contribution < 1.29 is 9.84 Å². The predicted octanol–water partition coefficient (Wildman–Crippen LogP) is 3.31. The molecule has 1 aliphatic heterocycles. The highest BCUT2D eigenvalue weighted by Crippen LogP contribution is 2.27. The number of hydrogen-bond acceptors (Lipinski definition) is 6. The zero-order valence-electron chi connectivity index (χ0n) is 13.2. The monoisotopic (exact) mass is 341 g/mol. The molecular weight excluding hydrogens is 322 g/mol. The Morgan fingerprint density at radius 1 is 1.17 bits per heavy atom. The number of nitrogens with zero attached hydrogens (tertiary/aromatic N) is 2. The summed E-state index contributed by atoms with van der Waals surface area (Å²) in [6.07, 6.45) is 1.28. The molecule has 2 aromatic heterocycles. The number of thiophene rings is 1. The quantitative estimate of drug-likeness (QED) is 0.762. The molecule has 0 unspecified atom stereocenters. The van der Waals surface area contributed by atoms with Crippen LogP contribution in [-0.2, 0) is 4.74 Å². The van der Waals surface area contributed by atoms with E-state index in [4.69, 9.17) is 9.72 Å². The Hall–Kier alpha value is -2.02. The van der Waals surface area contributed by atoms with Gasteiger partial charge in [-0.2, -0.15) is 11.3 Å². The first-order valence-corrected chi connectivity index (χ1v) is 9.01. The van der Waals surface area contributed by atoms with Crippen molar-refractivity contribution in [2.24, 2.45) is 0 Å². The van der Waals surface area contributed by atoms with Crippen molar-refractivity contribution >= 4 is 28.1 Å². The fraction of sp³-hybridized carbons (Fsp3) is 0.333. The molecule has 0 saturated carbocycles. The lowest BCUT2D eigenvalue weighted by molar-refractivity contribution is -0.0543. The van der Waals surface area contributed by atoms with E-state index >= 15 is 0 Å². The van der Waals surface area contributed by atoms with Crippen molar-refractivity contribution in [1.29, 1.82) is 0 Å². The average Bonchev–Trinajstić information content (AvgIpc) is 3.15. The van der Waals surface area contributed by atoms with Gasteiger partial charge in [0, 0.05) is 48.9 Å². The predicted molar refractivity (Wildman–Crippen MR) is 96.3 cm³/mol. The van der Waals surface area contributed by atoms with E-state index in [-0.39, 0.29) is 0 Å². The summed E-state index contributed by atoms with van der Waals surface area (Å²) in [6.45, 7) is 1.66. The number of aromatic nitrogens is 2. The molecule has 1 aromatic carbocycles. The van der Waals surface area contributed by atoms with Crippen LogP contribution in [0.1, 0.15) is 12.8 Å². The van der Waals surface area contributed by atoms with Gasteiger partial charge in [-0.15, -0.1) is 0 Å². The highest BCUT2D eigenvalue weighted by atomic mass is 32.1. The third-order valence-corrected chi connectivity index (χ3v) is 5.07. The molecule has 24 heavy (non-hydrogen) atoms. The van der Waals surface area contributed by atoms with E-state index in [0.717, 1.165) is 22.3 Å². The minimum atomic E-state index is -0.743. The Balaban J connectivity index is 1.68. The molecule has 4 rings (SSSR count). The van der Waals surface area contributed by atoms with E-state index in [1.54, 1.807) is 11.3 Å². The first-order chi connectivity index (χ1) is 11.7. The summed E-state index contributed by atoms with van der Waals surface area (Å²) in [4.78, 5) is 9.36. The van der Waals surface area contributed by atoms with Crippen LogP contribution in [0.3, 0.4) is 0 Å². The van der Waals surface area contributed by atoms with Crippen LogP contribution in [-0.4, -0.2) is 40.4 Å². The summed E-state index contributed by atoms with van der Waals surface area (Å²) in [7, 11) is 0. The topological polar surface area (TPSA) is 67.3 Å². The van der Waals surface area contributed by atoms with Crippen LogP contribution in [0.15, 0.2) is 41.1 Å². The maximum Gasteiger partial charge on any atom is 0.162 e. The van der Waals surface area contributed by atoms with Gasteiger partial charge < -0.3 is 15.2 Å². The van der Waals surface area contributed by atoms with E-state index in [0.29, 0.717) is 38.4 Å². The normalized spacial score (nSPS) is 17.0.